The molecule has 40 heavy (non-hydrogen) atoms. The number of furan rings is 1. The second-order valence-electron chi connectivity index (χ2n) is 11.6. The second kappa shape index (κ2) is 12.4. The number of fused-ring (bicyclic) bond motifs is 1. The molecule has 0 saturated carbocycles. The van der Waals surface area contributed by atoms with Gasteiger partial charge in [0.25, 0.3) is 0 Å². The highest BCUT2D eigenvalue weighted by Gasteiger charge is 2.18. The maximum Gasteiger partial charge on any atom is 0.219 e. The molecule has 0 atom stereocenters. The lowest BCUT2D eigenvalue weighted by molar-refractivity contribution is -0.128. The quantitative estimate of drug-likeness (QED) is 0.177. The minimum Gasteiger partial charge on any atom is -0.464 e. The van der Waals surface area contributed by atoms with Crippen molar-refractivity contribution in [3.63, 3.8) is 0 Å². The van der Waals surface area contributed by atoms with E-state index in [0.717, 1.165) is 79.6 Å². The van der Waals surface area contributed by atoms with Crippen molar-refractivity contribution in [1.29, 1.82) is 0 Å². The molecular weight excluding hydrogens is 522 g/mol. The van der Waals surface area contributed by atoms with Gasteiger partial charge in [-0.25, -0.2) is 9.67 Å². The van der Waals surface area contributed by atoms with Crippen molar-refractivity contribution in [2.24, 2.45) is 0 Å². The zero-order valence-electron chi connectivity index (χ0n) is 23.9. The normalized spacial score (nSPS) is 14.9. The van der Waals surface area contributed by atoms with Gasteiger partial charge in [0, 0.05) is 95.4 Å². The van der Waals surface area contributed by atoms with Crippen molar-refractivity contribution >= 4 is 25.0 Å². The van der Waals surface area contributed by atoms with Gasteiger partial charge < -0.3 is 18.8 Å². The lowest BCUT2D eigenvalue weighted by Crippen LogP contribution is -2.33. The van der Waals surface area contributed by atoms with Crippen LogP contribution in [0.25, 0.3) is 22.2 Å². The minimum atomic E-state index is -1.12. The molecule has 0 aliphatic carbocycles. The van der Waals surface area contributed by atoms with Gasteiger partial charge in [-0.05, 0) is 36.7 Å². The summed E-state index contributed by atoms with van der Waals surface area (Å²) in [5.41, 5.74) is 3.82. The van der Waals surface area contributed by atoms with E-state index < -0.39 is 8.07 Å². The molecule has 4 heterocycles. The number of nitrogens with zero attached hydrogens (tertiary/aromatic N) is 5. The average molecular weight is 562 g/mol. The summed E-state index contributed by atoms with van der Waals surface area (Å²) in [6.45, 7) is 14.1. The Morgan fingerprint density at radius 2 is 1.95 bits per heavy atom. The van der Waals surface area contributed by atoms with E-state index in [-0.39, 0.29) is 5.91 Å². The van der Waals surface area contributed by atoms with Crippen LogP contribution in [0, 0.1) is 0 Å². The lowest BCUT2D eigenvalue weighted by Gasteiger charge is -2.20. The summed E-state index contributed by atoms with van der Waals surface area (Å²) in [7, 11) is -1.12. The molecule has 212 valence electrons. The molecule has 1 saturated heterocycles. The number of pyridine rings is 1. The van der Waals surface area contributed by atoms with Gasteiger partial charge in [-0.2, -0.15) is 5.10 Å². The number of carbonyl (C=O) groups is 1. The number of benzene rings is 1. The van der Waals surface area contributed by atoms with Gasteiger partial charge in [0.15, 0.2) is 0 Å². The Balaban J connectivity index is 1.19. The summed E-state index contributed by atoms with van der Waals surface area (Å²) >= 11 is 0. The van der Waals surface area contributed by atoms with E-state index in [0.29, 0.717) is 18.4 Å². The Hall–Kier alpha value is -3.47. The molecular formula is C30H39N5O4Si. The molecule has 4 aromatic rings. The fraction of sp³-hybridized carbons (Fsp3) is 0.433. The van der Waals surface area contributed by atoms with Crippen LogP contribution in [0.2, 0.25) is 25.7 Å². The zero-order chi connectivity index (χ0) is 28.1. The summed E-state index contributed by atoms with van der Waals surface area (Å²) in [4.78, 5) is 20.6. The van der Waals surface area contributed by atoms with Gasteiger partial charge in [0.05, 0.1) is 12.0 Å². The van der Waals surface area contributed by atoms with Crippen LogP contribution in [0.1, 0.15) is 18.9 Å². The third kappa shape index (κ3) is 7.18. The third-order valence-electron chi connectivity index (χ3n) is 7.24. The molecule has 3 aromatic heterocycles. The van der Waals surface area contributed by atoms with Crippen molar-refractivity contribution in [3.8, 4) is 22.9 Å². The fourth-order valence-corrected chi connectivity index (χ4v) is 5.61. The molecule has 0 radical (unpaired) electrons. The molecule has 1 aliphatic rings. The van der Waals surface area contributed by atoms with Crippen LogP contribution in [0.4, 0.5) is 0 Å². The molecule has 1 amide bonds. The maximum atomic E-state index is 11.7. The number of hydrogen-bond donors (Lipinski definition) is 0. The van der Waals surface area contributed by atoms with E-state index in [4.69, 9.17) is 13.9 Å². The molecule has 0 spiro atoms. The van der Waals surface area contributed by atoms with Gasteiger partial charge in [-0.1, -0.05) is 19.6 Å². The Bertz CT molecular complexity index is 1430. The fourth-order valence-electron chi connectivity index (χ4n) is 4.86. The molecule has 0 N–H and O–H groups in total. The third-order valence-corrected chi connectivity index (χ3v) is 8.94. The number of rotatable bonds is 10. The minimum absolute atomic E-state index is 0.150. The predicted molar refractivity (Wildman–Crippen MR) is 158 cm³/mol. The van der Waals surface area contributed by atoms with Crippen molar-refractivity contribution < 1.29 is 18.7 Å². The molecule has 1 fully saturated rings. The summed E-state index contributed by atoms with van der Waals surface area (Å²) in [6.07, 6.45) is 6.38. The Labute approximate surface area is 236 Å². The largest absolute Gasteiger partial charge is 0.464 e. The summed E-state index contributed by atoms with van der Waals surface area (Å²) in [5.74, 6) is 1.32. The molecule has 10 heteroatoms. The van der Waals surface area contributed by atoms with E-state index in [1.54, 1.807) is 19.3 Å². The first-order chi connectivity index (χ1) is 19.2. The van der Waals surface area contributed by atoms with Crippen LogP contribution in [0.3, 0.4) is 0 Å². The summed E-state index contributed by atoms with van der Waals surface area (Å²) < 4.78 is 19.7. The maximum absolute atomic E-state index is 11.7. The van der Waals surface area contributed by atoms with Crippen LogP contribution < -0.4 is 4.74 Å². The monoisotopic (exact) mass is 561 g/mol. The van der Waals surface area contributed by atoms with E-state index in [1.807, 2.05) is 52.2 Å². The lowest BCUT2D eigenvalue weighted by atomic mass is 10.1. The zero-order valence-corrected chi connectivity index (χ0v) is 24.9. The highest BCUT2D eigenvalue weighted by molar-refractivity contribution is 6.76. The van der Waals surface area contributed by atoms with Crippen LogP contribution in [-0.4, -0.2) is 71.3 Å². The first-order valence-electron chi connectivity index (χ1n) is 14.0. The van der Waals surface area contributed by atoms with Crippen molar-refractivity contribution in [3.05, 3.63) is 60.6 Å². The van der Waals surface area contributed by atoms with Crippen LogP contribution in [0.15, 0.2) is 59.5 Å². The van der Waals surface area contributed by atoms with E-state index in [2.05, 4.69) is 34.6 Å². The molecule has 5 rings (SSSR count). The molecule has 1 aliphatic heterocycles. The number of amides is 1. The highest BCUT2D eigenvalue weighted by atomic mass is 28.3. The Morgan fingerprint density at radius 3 is 2.73 bits per heavy atom. The number of ether oxygens (including phenoxy) is 2. The Kier molecular flexibility index (Phi) is 8.68. The number of carbonyl (C=O) groups excluding carboxylic acids is 1. The number of aromatic nitrogens is 3. The topological polar surface area (TPSA) is 85.9 Å². The average Bonchev–Trinajstić information content (AvgIpc) is 3.47. The standard InChI is InChI=1S/C30H39N5O4Si/c1-23(36)34-13-5-12-33(14-15-34)20-25-21-38-29-18-26(7-8-27(25)29)39-30-9-6-24(19-31-30)28-10-11-32-35(28)22-37-16-17-40(2,3)4/h6-11,18-19,21H,5,12-17,20,22H2,1-4H3. The van der Waals surface area contributed by atoms with E-state index in [9.17, 15) is 4.79 Å². The van der Waals surface area contributed by atoms with Crippen molar-refractivity contribution in [2.45, 2.75) is 52.3 Å². The van der Waals surface area contributed by atoms with Gasteiger partial charge in [-0.3, -0.25) is 9.69 Å². The van der Waals surface area contributed by atoms with Crippen molar-refractivity contribution in [2.75, 3.05) is 32.8 Å². The second-order valence-corrected chi connectivity index (χ2v) is 17.2. The smallest absolute Gasteiger partial charge is 0.219 e. The van der Waals surface area contributed by atoms with Crippen LogP contribution >= 0.6 is 0 Å². The highest BCUT2D eigenvalue weighted by Crippen LogP contribution is 2.30. The van der Waals surface area contributed by atoms with Gasteiger partial charge in [0.2, 0.25) is 11.8 Å². The number of hydrogen-bond acceptors (Lipinski definition) is 7. The van der Waals surface area contributed by atoms with Crippen LogP contribution in [0.5, 0.6) is 11.6 Å². The van der Waals surface area contributed by atoms with Crippen LogP contribution in [-0.2, 0) is 22.8 Å². The van der Waals surface area contributed by atoms with Gasteiger partial charge in [-0.15, -0.1) is 0 Å². The molecule has 9 nitrogen and oxygen atoms in total. The SMILES string of the molecule is CC(=O)N1CCCN(Cc2coc3cc(Oc4ccc(-c5ccnn5COCC[Si](C)(C)C)cn4)ccc23)CC1. The van der Waals surface area contributed by atoms with Gasteiger partial charge >= 0.3 is 0 Å². The molecule has 0 bridgehead atoms. The molecule has 1 aromatic carbocycles. The first kappa shape index (κ1) is 28.1. The summed E-state index contributed by atoms with van der Waals surface area (Å²) in [6, 6.07) is 12.8. The summed E-state index contributed by atoms with van der Waals surface area (Å²) in [5, 5.41) is 5.49. The van der Waals surface area contributed by atoms with Crippen molar-refractivity contribution in [1.82, 2.24) is 24.6 Å². The predicted octanol–water partition coefficient (Wildman–Crippen LogP) is 5.85. The first-order valence-corrected chi connectivity index (χ1v) is 17.7. The van der Waals surface area contributed by atoms with E-state index >= 15 is 0 Å². The van der Waals surface area contributed by atoms with Gasteiger partial charge in [0.1, 0.15) is 18.1 Å². The molecule has 0 unspecified atom stereocenters. The van der Waals surface area contributed by atoms with E-state index in [1.165, 1.54) is 0 Å². The Morgan fingerprint density at radius 1 is 1.07 bits per heavy atom.